The molecule has 0 radical (unpaired) electrons. The van der Waals surface area contributed by atoms with Gasteiger partial charge in [-0.15, -0.1) is 0 Å². The van der Waals surface area contributed by atoms with E-state index in [9.17, 15) is 17.6 Å². The fourth-order valence-corrected chi connectivity index (χ4v) is 5.51. The molecule has 34 heavy (non-hydrogen) atoms. The molecule has 1 saturated heterocycles. The van der Waals surface area contributed by atoms with Crippen molar-refractivity contribution in [2.24, 2.45) is 5.92 Å². The summed E-state index contributed by atoms with van der Waals surface area (Å²) in [5.41, 5.74) is 1.72. The zero-order valence-electron chi connectivity index (χ0n) is 18.7. The van der Waals surface area contributed by atoms with E-state index in [1.165, 1.54) is 16.4 Å². The minimum absolute atomic E-state index is 0.0205. The van der Waals surface area contributed by atoms with Crippen LogP contribution in [0.5, 0.6) is 5.75 Å². The molecule has 178 valence electrons. The number of para-hydroxylation sites is 2. The number of benzene rings is 3. The summed E-state index contributed by atoms with van der Waals surface area (Å²) in [7, 11) is -3.80. The first-order valence-electron chi connectivity index (χ1n) is 11.3. The van der Waals surface area contributed by atoms with Gasteiger partial charge in [0.2, 0.25) is 15.9 Å². The van der Waals surface area contributed by atoms with Crippen molar-refractivity contribution < 1.29 is 22.3 Å². The molecular weight excluding hydrogens is 455 g/mol. The molecule has 1 amide bonds. The van der Waals surface area contributed by atoms with Crippen molar-refractivity contribution in [1.29, 1.82) is 0 Å². The largest absolute Gasteiger partial charge is 0.491 e. The van der Waals surface area contributed by atoms with Crippen molar-refractivity contribution in [3.63, 3.8) is 0 Å². The van der Waals surface area contributed by atoms with Crippen LogP contribution in [0.3, 0.4) is 0 Å². The Labute approximate surface area is 199 Å². The van der Waals surface area contributed by atoms with Crippen molar-refractivity contribution >= 4 is 21.6 Å². The van der Waals surface area contributed by atoms with Crippen LogP contribution in [-0.2, 0) is 21.2 Å². The minimum Gasteiger partial charge on any atom is -0.491 e. The molecule has 6 nitrogen and oxygen atoms in total. The van der Waals surface area contributed by atoms with Crippen molar-refractivity contribution in [2.75, 3.05) is 25.0 Å². The highest BCUT2D eigenvalue weighted by molar-refractivity contribution is 7.89. The number of hydrogen-bond acceptors (Lipinski definition) is 4. The molecule has 1 heterocycles. The second kappa shape index (κ2) is 10.8. The Morgan fingerprint density at radius 1 is 1.00 bits per heavy atom. The molecule has 0 saturated carbocycles. The van der Waals surface area contributed by atoms with Gasteiger partial charge in [-0.3, -0.25) is 4.79 Å². The van der Waals surface area contributed by atoms with Gasteiger partial charge in [-0.25, -0.2) is 12.8 Å². The van der Waals surface area contributed by atoms with Gasteiger partial charge in [0.25, 0.3) is 0 Å². The van der Waals surface area contributed by atoms with Crippen LogP contribution >= 0.6 is 0 Å². The Morgan fingerprint density at radius 3 is 2.47 bits per heavy atom. The SMILES string of the molecule is O=C(Nc1ccccc1OCCc1ccccc1)C1CCCN(S(=O)(=O)c2ccc(F)cc2)C1. The van der Waals surface area contributed by atoms with Gasteiger partial charge >= 0.3 is 0 Å². The normalized spacial score (nSPS) is 16.7. The first-order valence-corrected chi connectivity index (χ1v) is 12.7. The van der Waals surface area contributed by atoms with Gasteiger partial charge in [0, 0.05) is 19.5 Å². The number of sulfonamides is 1. The summed E-state index contributed by atoms with van der Waals surface area (Å²) in [6.45, 7) is 0.856. The summed E-state index contributed by atoms with van der Waals surface area (Å²) in [5, 5.41) is 2.91. The van der Waals surface area contributed by atoms with Gasteiger partial charge in [-0.2, -0.15) is 4.31 Å². The zero-order valence-corrected chi connectivity index (χ0v) is 19.5. The lowest BCUT2D eigenvalue weighted by Gasteiger charge is -2.31. The highest BCUT2D eigenvalue weighted by atomic mass is 32.2. The lowest BCUT2D eigenvalue weighted by Crippen LogP contribution is -2.43. The number of anilines is 1. The van der Waals surface area contributed by atoms with Crippen molar-refractivity contribution in [2.45, 2.75) is 24.2 Å². The number of rotatable bonds is 8. The first-order chi connectivity index (χ1) is 16.4. The maximum Gasteiger partial charge on any atom is 0.243 e. The third kappa shape index (κ3) is 5.81. The van der Waals surface area contributed by atoms with Crippen LogP contribution in [-0.4, -0.2) is 38.3 Å². The first kappa shape index (κ1) is 23.9. The van der Waals surface area contributed by atoms with Gasteiger partial charge in [0.1, 0.15) is 11.6 Å². The van der Waals surface area contributed by atoms with E-state index in [1.807, 2.05) is 42.5 Å². The van der Waals surface area contributed by atoms with E-state index >= 15 is 0 Å². The van der Waals surface area contributed by atoms with E-state index in [1.54, 1.807) is 12.1 Å². The van der Waals surface area contributed by atoms with Crippen LogP contribution in [0.2, 0.25) is 0 Å². The quantitative estimate of drug-likeness (QED) is 0.514. The molecule has 1 N–H and O–H groups in total. The lowest BCUT2D eigenvalue weighted by molar-refractivity contribution is -0.120. The fraction of sp³-hybridized carbons (Fsp3) is 0.269. The molecule has 0 spiro atoms. The van der Waals surface area contributed by atoms with Gasteiger partial charge in [0.15, 0.2) is 0 Å². The molecule has 0 bridgehead atoms. The Balaban J connectivity index is 1.39. The van der Waals surface area contributed by atoms with Crippen LogP contribution < -0.4 is 10.1 Å². The number of carbonyl (C=O) groups excluding carboxylic acids is 1. The van der Waals surface area contributed by atoms with E-state index < -0.39 is 21.8 Å². The van der Waals surface area contributed by atoms with Crippen LogP contribution in [0.1, 0.15) is 18.4 Å². The summed E-state index contributed by atoms with van der Waals surface area (Å²) in [6.07, 6.45) is 1.88. The summed E-state index contributed by atoms with van der Waals surface area (Å²) in [4.78, 5) is 13.1. The predicted molar refractivity (Wildman–Crippen MR) is 129 cm³/mol. The van der Waals surface area contributed by atoms with Gasteiger partial charge in [-0.05, 0) is 54.8 Å². The average molecular weight is 483 g/mol. The molecule has 1 atom stereocenters. The summed E-state index contributed by atoms with van der Waals surface area (Å²) >= 11 is 0. The van der Waals surface area contributed by atoms with Crippen molar-refractivity contribution in [3.8, 4) is 5.75 Å². The Kier molecular flexibility index (Phi) is 7.59. The monoisotopic (exact) mass is 482 g/mol. The summed E-state index contributed by atoms with van der Waals surface area (Å²) < 4.78 is 46.4. The lowest BCUT2D eigenvalue weighted by atomic mass is 9.98. The zero-order chi connectivity index (χ0) is 24.0. The van der Waals surface area contributed by atoms with Crippen LogP contribution in [0.4, 0.5) is 10.1 Å². The number of halogens is 1. The van der Waals surface area contributed by atoms with Crippen LogP contribution in [0.15, 0.2) is 83.8 Å². The number of carbonyl (C=O) groups is 1. The summed E-state index contributed by atoms with van der Waals surface area (Å²) in [6, 6.07) is 21.9. The number of nitrogens with one attached hydrogen (secondary N) is 1. The number of piperidine rings is 1. The van der Waals surface area contributed by atoms with E-state index in [4.69, 9.17) is 4.74 Å². The Hall–Kier alpha value is -3.23. The smallest absolute Gasteiger partial charge is 0.243 e. The second-order valence-corrected chi connectivity index (χ2v) is 10.2. The van der Waals surface area contributed by atoms with Crippen LogP contribution in [0.25, 0.3) is 0 Å². The minimum atomic E-state index is -3.80. The average Bonchev–Trinajstić information content (AvgIpc) is 2.86. The van der Waals surface area contributed by atoms with Crippen molar-refractivity contribution in [1.82, 2.24) is 4.31 Å². The molecular formula is C26H27FN2O4S. The van der Waals surface area contributed by atoms with Gasteiger partial charge in [0.05, 0.1) is 23.1 Å². The topological polar surface area (TPSA) is 75.7 Å². The molecule has 1 unspecified atom stereocenters. The Bertz CT molecular complexity index is 1220. The molecule has 0 aromatic heterocycles. The van der Waals surface area contributed by atoms with Gasteiger partial charge in [-0.1, -0.05) is 42.5 Å². The third-order valence-corrected chi connectivity index (χ3v) is 7.72. The highest BCUT2D eigenvalue weighted by Crippen LogP contribution is 2.28. The second-order valence-electron chi connectivity index (χ2n) is 8.23. The standard InChI is InChI=1S/C26H27FN2O4S/c27-22-12-14-23(15-13-22)34(31,32)29-17-6-9-21(19-29)26(30)28-24-10-4-5-11-25(24)33-18-16-20-7-2-1-3-8-20/h1-5,7-8,10-15,21H,6,9,16-19H2,(H,28,30). The molecule has 4 rings (SSSR count). The van der Waals surface area contributed by atoms with E-state index in [0.717, 1.165) is 24.1 Å². The number of amides is 1. The van der Waals surface area contributed by atoms with Crippen LogP contribution in [0, 0.1) is 11.7 Å². The molecule has 1 aliphatic rings. The number of nitrogens with zero attached hydrogens (tertiary/aromatic N) is 1. The van der Waals surface area contributed by atoms with Gasteiger partial charge < -0.3 is 10.1 Å². The molecule has 3 aromatic rings. The fourth-order valence-electron chi connectivity index (χ4n) is 3.98. The molecule has 1 fully saturated rings. The number of ether oxygens (including phenoxy) is 1. The molecule has 1 aliphatic heterocycles. The number of hydrogen-bond donors (Lipinski definition) is 1. The highest BCUT2D eigenvalue weighted by Gasteiger charge is 2.33. The molecule has 3 aromatic carbocycles. The predicted octanol–water partition coefficient (Wildman–Crippen LogP) is 4.49. The van der Waals surface area contributed by atoms with E-state index in [0.29, 0.717) is 37.4 Å². The maximum atomic E-state index is 13.2. The van der Waals surface area contributed by atoms with E-state index in [-0.39, 0.29) is 17.3 Å². The Morgan fingerprint density at radius 2 is 1.71 bits per heavy atom. The third-order valence-electron chi connectivity index (χ3n) is 5.84. The summed E-state index contributed by atoms with van der Waals surface area (Å²) in [5.74, 6) is -0.683. The molecule has 8 heteroatoms. The van der Waals surface area contributed by atoms with E-state index in [2.05, 4.69) is 5.32 Å². The van der Waals surface area contributed by atoms with Crippen molar-refractivity contribution in [3.05, 3.63) is 90.2 Å². The molecule has 0 aliphatic carbocycles. The maximum absolute atomic E-state index is 13.2.